The van der Waals surface area contributed by atoms with Crippen molar-refractivity contribution in [3.05, 3.63) is 23.3 Å². The Hall–Kier alpha value is -1.62. The number of esters is 2. The number of allylic oxidation sites excluding steroid dienone is 1. The van der Waals surface area contributed by atoms with E-state index in [1.54, 1.807) is 0 Å². The van der Waals surface area contributed by atoms with Crippen molar-refractivity contribution < 1.29 is 24.2 Å². The molecule has 1 spiro atoms. The van der Waals surface area contributed by atoms with Crippen LogP contribution in [-0.2, 0) is 19.1 Å². The largest absolute Gasteiger partial charge is 0.464 e. The molecule has 25 heavy (non-hydrogen) atoms. The van der Waals surface area contributed by atoms with Crippen molar-refractivity contribution in [1.82, 2.24) is 0 Å². The van der Waals surface area contributed by atoms with E-state index in [9.17, 15) is 14.7 Å². The number of carbonyl (C=O) groups is 2. The number of aliphatic hydroxyl groups is 1. The van der Waals surface area contributed by atoms with Gasteiger partial charge in [0.1, 0.15) is 13.2 Å². The molecule has 5 atom stereocenters. The third kappa shape index (κ3) is 2.24. The molecular formula is C20H26O5. The van der Waals surface area contributed by atoms with Gasteiger partial charge in [-0.05, 0) is 56.4 Å². The molecule has 0 aromatic rings. The molecule has 1 saturated carbocycles. The number of ether oxygens (including phenoxy) is 2. The molecule has 5 aliphatic rings. The smallest absolute Gasteiger partial charge is 0.334 e. The zero-order valence-electron chi connectivity index (χ0n) is 14.9. The fraction of sp³-hybridized carbons (Fsp3) is 0.700. The molecule has 3 aliphatic heterocycles. The van der Waals surface area contributed by atoms with Gasteiger partial charge < -0.3 is 14.6 Å². The van der Waals surface area contributed by atoms with Gasteiger partial charge in [0, 0.05) is 5.57 Å². The molecule has 0 amide bonds. The second-order valence-corrected chi connectivity index (χ2v) is 8.30. The van der Waals surface area contributed by atoms with Crippen LogP contribution in [-0.4, -0.2) is 36.4 Å². The van der Waals surface area contributed by atoms with Gasteiger partial charge in [-0.15, -0.1) is 0 Å². The Morgan fingerprint density at radius 2 is 2.08 bits per heavy atom. The molecule has 2 bridgehead atoms. The Labute approximate surface area is 148 Å². The van der Waals surface area contributed by atoms with E-state index < -0.39 is 11.5 Å². The van der Waals surface area contributed by atoms with Crippen molar-refractivity contribution in [2.24, 2.45) is 22.7 Å². The lowest BCUT2D eigenvalue weighted by Crippen LogP contribution is -2.58. The van der Waals surface area contributed by atoms with Gasteiger partial charge in [-0.2, -0.15) is 0 Å². The average Bonchev–Trinajstić information content (AvgIpc) is 2.91. The molecule has 5 rings (SSSR count). The summed E-state index contributed by atoms with van der Waals surface area (Å²) in [6.07, 6.45) is 7.19. The lowest BCUT2D eigenvalue weighted by atomic mass is 9.46. The molecule has 0 radical (unpaired) electrons. The van der Waals surface area contributed by atoms with Gasteiger partial charge in [0.15, 0.2) is 0 Å². The highest BCUT2D eigenvalue weighted by molar-refractivity contribution is 5.90. The van der Waals surface area contributed by atoms with Crippen LogP contribution in [0.15, 0.2) is 23.3 Å². The summed E-state index contributed by atoms with van der Waals surface area (Å²) in [5.74, 6) is -0.557. The highest BCUT2D eigenvalue weighted by Gasteiger charge is 2.65. The predicted molar refractivity (Wildman–Crippen MR) is 90.4 cm³/mol. The van der Waals surface area contributed by atoms with Crippen LogP contribution in [0.25, 0.3) is 0 Å². The van der Waals surface area contributed by atoms with Crippen molar-refractivity contribution in [2.75, 3.05) is 13.2 Å². The van der Waals surface area contributed by atoms with Crippen LogP contribution < -0.4 is 0 Å². The molecule has 0 aromatic carbocycles. The summed E-state index contributed by atoms with van der Waals surface area (Å²) < 4.78 is 10.6. The number of aliphatic hydroxyl groups excluding tert-OH is 1. The number of carbonyl (C=O) groups excluding carboxylic acids is 2. The highest BCUT2D eigenvalue weighted by atomic mass is 16.5. The first-order valence-corrected chi connectivity index (χ1v) is 9.27. The maximum absolute atomic E-state index is 12.7. The predicted octanol–water partition coefficient (Wildman–Crippen LogP) is 2.54. The minimum Gasteiger partial charge on any atom is -0.464 e. The summed E-state index contributed by atoms with van der Waals surface area (Å²) >= 11 is 0. The summed E-state index contributed by atoms with van der Waals surface area (Å²) in [4.78, 5) is 24.5. The fourth-order valence-electron chi connectivity index (χ4n) is 5.87. The Bertz CT molecular complexity index is 678. The van der Waals surface area contributed by atoms with E-state index in [-0.39, 0.29) is 35.8 Å². The molecule has 5 unspecified atom stereocenters. The van der Waals surface area contributed by atoms with E-state index in [0.29, 0.717) is 25.0 Å². The Balaban J connectivity index is 1.72. The van der Waals surface area contributed by atoms with Gasteiger partial charge in [0.2, 0.25) is 0 Å². The van der Waals surface area contributed by atoms with Crippen molar-refractivity contribution >= 4 is 11.9 Å². The number of rotatable bonds is 3. The Kier molecular flexibility index (Phi) is 3.83. The zero-order chi connectivity index (χ0) is 17.8. The average molecular weight is 346 g/mol. The fourth-order valence-corrected chi connectivity index (χ4v) is 5.87. The first-order valence-electron chi connectivity index (χ1n) is 9.27. The van der Waals surface area contributed by atoms with Gasteiger partial charge in [0.25, 0.3) is 0 Å². The number of fused-ring (bicyclic) bond motifs is 3. The monoisotopic (exact) mass is 346 g/mol. The molecule has 136 valence electrons. The van der Waals surface area contributed by atoms with E-state index in [2.05, 4.69) is 19.9 Å². The third-order valence-corrected chi connectivity index (χ3v) is 7.38. The van der Waals surface area contributed by atoms with Crippen molar-refractivity contribution in [3.8, 4) is 0 Å². The summed E-state index contributed by atoms with van der Waals surface area (Å²) in [5.41, 5.74) is 1.11. The molecule has 2 aliphatic carbocycles. The maximum Gasteiger partial charge on any atom is 0.334 e. The summed E-state index contributed by atoms with van der Waals surface area (Å²) in [6.45, 7) is 4.85. The van der Waals surface area contributed by atoms with Crippen molar-refractivity contribution in [1.29, 1.82) is 0 Å². The molecular weight excluding hydrogens is 320 g/mol. The van der Waals surface area contributed by atoms with Crippen LogP contribution in [0.2, 0.25) is 0 Å². The second kappa shape index (κ2) is 5.70. The van der Waals surface area contributed by atoms with E-state index >= 15 is 0 Å². The van der Waals surface area contributed by atoms with Crippen molar-refractivity contribution in [3.63, 3.8) is 0 Å². The Morgan fingerprint density at radius 1 is 1.28 bits per heavy atom. The van der Waals surface area contributed by atoms with Crippen LogP contribution in [0.1, 0.15) is 46.0 Å². The first-order chi connectivity index (χ1) is 11.9. The normalized spacial score (nSPS) is 42.9. The van der Waals surface area contributed by atoms with Gasteiger partial charge in [0.05, 0.1) is 17.4 Å². The third-order valence-electron chi connectivity index (χ3n) is 7.38. The van der Waals surface area contributed by atoms with Crippen LogP contribution in [0.5, 0.6) is 0 Å². The van der Waals surface area contributed by atoms with Gasteiger partial charge in [-0.25, -0.2) is 4.79 Å². The van der Waals surface area contributed by atoms with E-state index in [4.69, 9.17) is 9.47 Å². The first kappa shape index (κ1) is 16.8. The van der Waals surface area contributed by atoms with Crippen LogP contribution in [0.4, 0.5) is 0 Å². The molecule has 3 fully saturated rings. The standard InChI is InChI=1S/C20H26O5/c1-12-4-3-5-15-19(2,8-6-13-7-9-24-17(13)22)14-10-16(21)20(12,15)11-25-18(14)23/h4,7,14-16,21H,3,5-6,8-11H2,1-2H3. The number of hydrogen-bond acceptors (Lipinski definition) is 5. The van der Waals surface area contributed by atoms with Crippen LogP contribution >= 0.6 is 0 Å². The molecule has 2 saturated heterocycles. The number of hydrogen-bond donors (Lipinski definition) is 1. The maximum atomic E-state index is 12.7. The topological polar surface area (TPSA) is 72.8 Å². The van der Waals surface area contributed by atoms with Gasteiger partial charge >= 0.3 is 11.9 Å². The highest BCUT2D eigenvalue weighted by Crippen LogP contribution is 2.64. The van der Waals surface area contributed by atoms with E-state index in [1.807, 2.05) is 6.08 Å². The Morgan fingerprint density at radius 3 is 2.80 bits per heavy atom. The molecule has 5 nitrogen and oxygen atoms in total. The molecule has 5 heteroatoms. The molecule has 3 heterocycles. The summed E-state index contributed by atoms with van der Waals surface area (Å²) in [7, 11) is 0. The molecule has 0 aromatic heterocycles. The minimum absolute atomic E-state index is 0.184. The minimum atomic E-state index is -0.547. The van der Waals surface area contributed by atoms with E-state index in [0.717, 1.165) is 24.8 Å². The van der Waals surface area contributed by atoms with Crippen LogP contribution in [0.3, 0.4) is 0 Å². The van der Waals surface area contributed by atoms with Crippen molar-refractivity contribution in [2.45, 2.75) is 52.1 Å². The summed E-state index contributed by atoms with van der Waals surface area (Å²) in [5, 5.41) is 10.9. The summed E-state index contributed by atoms with van der Waals surface area (Å²) in [6, 6.07) is 0. The SMILES string of the molecule is CC1=CCCC2C(C)(CCC3=CCOC3=O)C3CC(O)C12COC3=O. The zero-order valence-corrected chi connectivity index (χ0v) is 14.9. The van der Waals surface area contributed by atoms with Gasteiger partial charge in [-0.3, -0.25) is 4.79 Å². The lowest BCUT2D eigenvalue weighted by Gasteiger charge is -2.57. The quantitative estimate of drug-likeness (QED) is 0.628. The van der Waals surface area contributed by atoms with Gasteiger partial charge in [-0.1, -0.05) is 18.6 Å². The van der Waals surface area contributed by atoms with E-state index in [1.165, 1.54) is 0 Å². The van der Waals surface area contributed by atoms with Crippen LogP contribution in [0, 0.1) is 22.7 Å². The second-order valence-electron chi connectivity index (χ2n) is 8.30. The number of cyclic esters (lactones) is 1. The molecule has 1 N–H and O–H groups in total. The lowest BCUT2D eigenvalue weighted by molar-refractivity contribution is -0.153.